The van der Waals surface area contributed by atoms with Crippen LogP contribution in [0.3, 0.4) is 0 Å². The van der Waals surface area contributed by atoms with E-state index in [1.807, 2.05) is 6.07 Å². The average molecular weight is 415 g/mol. The van der Waals surface area contributed by atoms with E-state index < -0.39 is 0 Å². The number of nitrogens with one attached hydrogen (secondary N) is 1. The summed E-state index contributed by atoms with van der Waals surface area (Å²) in [6, 6.07) is 10.4. The first-order chi connectivity index (χ1) is 14.6. The fourth-order valence-electron chi connectivity index (χ4n) is 3.30. The molecule has 1 amide bonds. The van der Waals surface area contributed by atoms with Crippen molar-refractivity contribution in [3.05, 3.63) is 36.2 Å². The van der Waals surface area contributed by atoms with Crippen molar-refractivity contribution in [3.8, 4) is 11.8 Å². The van der Waals surface area contributed by atoms with Gasteiger partial charge in [0.1, 0.15) is 5.82 Å². The van der Waals surface area contributed by atoms with Gasteiger partial charge in [-0.3, -0.25) is 4.79 Å². The first-order valence-corrected chi connectivity index (χ1v) is 10.7. The van der Waals surface area contributed by atoms with Crippen LogP contribution in [0.15, 0.2) is 30.3 Å². The van der Waals surface area contributed by atoms with E-state index in [1.54, 1.807) is 6.92 Å². The summed E-state index contributed by atoms with van der Waals surface area (Å²) in [6.45, 7) is 5.78. The molecule has 1 aromatic carbocycles. The van der Waals surface area contributed by atoms with Crippen molar-refractivity contribution in [3.63, 3.8) is 0 Å². The van der Waals surface area contributed by atoms with E-state index in [0.717, 1.165) is 25.9 Å². The number of unbranched alkanes of at least 4 members (excludes halogenated alkanes) is 3. The molecule has 2 aromatic rings. The van der Waals surface area contributed by atoms with Gasteiger partial charge in [0.25, 0.3) is 0 Å². The number of hydrogen-bond donors (Lipinski definition) is 1. The van der Waals surface area contributed by atoms with Crippen molar-refractivity contribution >= 4 is 17.3 Å². The minimum Gasteiger partial charge on any atom is -0.479 e. The van der Waals surface area contributed by atoms with Crippen LogP contribution in [0, 0.1) is 6.92 Å². The number of aryl methyl sites for hydroxylation is 1. The summed E-state index contributed by atoms with van der Waals surface area (Å²) >= 11 is 0. The summed E-state index contributed by atoms with van der Waals surface area (Å²) in [7, 11) is 3.01. The molecule has 1 heterocycles. The molecule has 1 aromatic heterocycles. The highest BCUT2D eigenvalue weighted by Crippen LogP contribution is 2.31. The van der Waals surface area contributed by atoms with Crippen LogP contribution in [0.4, 0.5) is 11.4 Å². The van der Waals surface area contributed by atoms with Gasteiger partial charge in [-0.1, -0.05) is 44.4 Å². The van der Waals surface area contributed by atoms with Crippen LogP contribution < -0.4 is 19.7 Å². The summed E-state index contributed by atoms with van der Waals surface area (Å²) in [5.41, 5.74) is 1.57. The van der Waals surface area contributed by atoms with Crippen molar-refractivity contribution in [1.29, 1.82) is 0 Å². The monoisotopic (exact) mass is 414 g/mol. The van der Waals surface area contributed by atoms with Gasteiger partial charge in [-0.15, -0.1) is 0 Å². The Morgan fingerprint density at radius 2 is 1.60 bits per heavy atom. The van der Waals surface area contributed by atoms with E-state index in [1.165, 1.54) is 39.2 Å². The molecule has 0 radical (unpaired) electrons. The largest absolute Gasteiger partial charge is 0.479 e. The topological polar surface area (TPSA) is 76.6 Å². The van der Waals surface area contributed by atoms with Crippen LogP contribution in [0.25, 0.3) is 0 Å². The fraction of sp³-hybridized carbons (Fsp3) is 0.522. The number of carbonyl (C=O) groups excluding carboxylic acids is 1. The Bertz CT molecular complexity index is 758. The zero-order valence-corrected chi connectivity index (χ0v) is 18.6. The fourth-order valence-corrected chi connectivity index (χ4v) is 3.30. The van der Waals surface area contributed by atoms with Gasteiger partial charge in [-0.25, -0.2) is 0 Å². The molecule has 0 unspecified atom stereocenters. The molecule has 0 saturated carbocycles. The molecule has 0 saturated heterocycles. The summed E-state index contributed by atoms with van der Waals surface area (Å²) in [5, 5.41) is 2.85. The van der Waals surface area contributed by atoms with Gasteiger partial charge < -0.3 is 19.7 Å². The molecule has 164 valence electrons. The van der Waals surface area contributed by atoms with Gasteiger partial charge in [0, 0.05) is 25.2 Å². The number of nitrogens with zero attached hydrogens (tertiary/aromatic N) is 3. The van der Waals surface area contributed by atoms with E-state index in [4.69, 9.17) is 9.47 Å². The van der Waals surface area contributed by atoms with Crippen molar-refractivity contribution < 1.29 is 14.3 Å². The minimum absolute atomic E-state index is 0.113. The van der Waals surface area contributed by atoms with Crippen molar-refractivity contribution in [2.75, 3.05) is 37.5 Å². The summed E-state index contributed by atoms with van der Waals surface area (Å²) in [4.78, 5) is 23.3. The highest BCUT2D eigenvalue weighted by Gasteiger charge is 2.17. The lowest BCUT2D eigenvalue weighted by molar-refractivity contribution is -0.116. The Morgan fingerprint density at radius 1 is 0.967 bits per heavy atom. The first-order valence-electron chi connectivity index (χ1n) is 10.7. The number of aromatic nitrogens is 2. The molecule has 1 N–H and O–H groups in total. The molecule has 0 bridgehead atoms. The maximum absolute atomic E-state index is 12.6. The maximum atomic E-state index is 12.6. The lowest BCUT2D eigenvalue weighted by Crippen LogP contribution is -2.26. The molecule has 0 aliphatic heterocycles. The number of para-hydroxylation sites is 1. The lowest BCUT2D eigenvalue weighted by atomic mass is 10.1. The second-order valence-electron chi connectivity index (χ2n) is 7.20. The van der Waals surface area contributed by atoms with E-state index >= 15 is 0 Å². The highest BCUT2D eigenvalue weighted by atomic mass is 16.5. The third-order valence-electron chi connectivity index (χ3n) is 4.84. The number of benzene rings is 1. The van der Waals surface area contributed by atoms with Gasteiger partial charge in [0.15, 0.2) is 5.69 Å². The Hall–Kier alpha value is -2.83. The Labute approximate surface area is 179 Å². The third-order valence-corrected chi connectivity index (χ3v) is 4.84. The Balaban J connectivity index is 1.94. The molecule has 7 heteroatoms. The molecule has 0 aliphatic rings. The van der Waals surface area contributed by atoms with Gasteiger partial charge in [0.05, 0.1) is 14.2 Å². The van der Waals surface area contributed by atoms with Crippen LogP contribution in [-0.4, -0.2) is 43.2 Å². The van der Waals surface area contributed by atoms with Gasteiger partial charge in [-0.05, 0) is 31.9 Å². The van der Waals surface area contributed by atoms with Crippen LogP contribution in [0.2, 0.25) is 0 Å². The molecule has 0 fully saturated rings. The number of anilines is 2. The molecule has 7 nitrogen and oxygen atoms in total. The van der Waals surface area contributed by atoms with E-state index in [-0.39, 0.29) is 5.91 Å². The SMILES string of the molecule is CCCCCCN(CCCC(=O)Nc1c(OC)nc(C)nc1OC)c1ccccc1. The molecule has 0 spiro atoms. The van der Waals surface area contributed by atoms with Crippen molar-refractivity contribution in [1.82, 2.24) is 9.97 Å². The molecular formula is C23H34N4O3. The van der Waals surface area contributed by atoms with Crippen molar-refractivity contribution in [2.24, 2.45) is 0 Å². The molecular weight excluding hydrogens is 380 g/mol. The van der Waals surface area contributed by atoms with Crippen molar-refractivity contribution in [2.45, 2.75) is 52.4 Å². The second kappa shape index (κ2) is 12.7. The minimum atomic E-state index is -0.113. The zero-order chi connectivity index (χ0) is 21.8. The molecule has 30 heavy (non-hydrogen) atoms. The predicted molar refractivity (Wildman–Crippen MR) is 121 cm³/mol. The first kappa shape index (κ1) is 23.4. The summed E-state index contributed by atoms with van der Waals surface area (Å²) in [6.07, 6.45) is 6.00. The van der Waals surface area contributed by atoms with Gasteiger partial charge >= 0.3 is 0 Å². The lowest BCUT2D eigenvalue weighted by Gasteiger charge is -2.25. The van der Waals surface area contributed by atoms with Crippen LogP contribution >= 0.6 is 0 Å². The second-order valence-corrected chi connectivity index (χ2v) is 7.20. The average Bonchev–Trinajstić information content (AvgIpc) is 2.76. The smallest absolute Gasteiger partial charge is 0.245 e. The number of carbonyl (C=O) groups is 1. The quantitative estimate of drug-likeness (QED) is 0.483. The highest BCUT2D eigenvalue weighted by molar-refractivity contribution is 5.93. The Morgan fingerprint density at radius 3 is 2.20 bits per heavy atom. The number of ether oxygens (including phenoxy) is 2. The number of hydrogen-bond acceptors (Lipinski definition) is 6. The van der Waals surface area contributed by atoms with Gasteiger partial charge in [-0.2, -0.15) is 9.97 Å². The third kappa shape index (κ3) is 7.21. The van der Waals surface area contributed by atoms with Crippen LogP contribution in [0.5, 0.6) is 11.8 Å². The normalized spacial score (nSPS) is 10.5. The molecule has 0 aliphatic carbocycles. The summed E-state index contributed by atoms with van der Waals surface area (Å²) in [5.74, 6) is 1.00. The van der Waals surface area contributed by atoms with E-state index in [2.05, 4.69) is 51.4 Å². The van der Waals surface area contributed by atoms with E-state index in [0.29, 0.717) is 29.7 Å². The zero-order valence-electron chi connectivity index (χ0n) is 18.6. The molecule has 2 rings (SSSR count). The van der Waals surface area contributed by atoms with Crippen LogP contribution in [0.1, 0.15) is 51.3 Å². The van der Waals surface area contributed by atoms with Gasteiger partial charge in [0.2, 0.25) is 17.7 Å². The number of rotatable bonds is 13. The van der Waals surface area contributed by atoms with Crippen LogP contribution in [-0.2, 0) is 4.79 Å². The molecule has 0 atom stereocenters. The Kier molecular flexibility index (Phi) is 9.91. The number of methoxy groups -OCH3 is 2. The number of amides is 1. The maximum Gasteiger partial charge on any atom is 0.245 e. The summed E-state index contributed by atoms with van der Waals surface area (Å²) < 4.78 is 10.6. The standard InChI is InChI=1S/C23H34N4O3/c1-5-6-7-11-16-27(19-13-9-8-10-14-19)17-12-15-20(28)26-21-22(29-3)24-18(2)25-23(21)30-4/h8-10,13-14H,5-7,11-12,15-17H2,1-4H3,(H,26,28). The predicted octanol–water partition coefficient (Wildman–Crippen LogP) is 4.61. The van der Waals surface area contributed by atoms with E-state index in [9.17, 15) is 4.79 Å².